The highest BCUT2D eigenvalue weighted by molar-refractivity contribution is 5.93. The number of nitrogens with zero attached hydrogens (tertiary/aromatic N) is 3. The van der Waals surface area contributed by atoms with Crippen molar-refractivity contribution in [3.8, 4) is 11.5 Å². The maximum Gasteiger partial charge on any atom is 0.343 e. The number of nitrogens with one attached hydrogen (secondary N) is 1. The van der Waals surface area contributed by atoms with E-state index in [1.165, 1.54) is 24.8 Å². The van der Waals surface area contributed by atoms with Crippen LogP contribution in [0.2, 0.25) is 0 Å². The number of aromatic nitrogens is 2. The van der Waals surface area contributed by atoms with Crippen LogP contribution in [0.1, 0.15) is 33.3 Å². The summed E-state index contributed by atoms with van der Waals surface area (Å²) in [7, 11) is 0. The van der Waals surface area contributed by atoms with Gasteiger partial charge in [-0.1, -0.05) is 18.2 Å². The van der Waals surface area contributed by atoms with Crippen LogP contribution in [0, 0.1) is 0 Å². The average Bonchev–Trinajstić information content (AvgIpc) is 2.76. The number of amides is 1. The summed E-state index contributed by atoms with van der Waals surface area (Å²) in [6.45, 7) is 2.21. The van der Waals surface area contributed by atoms with Crippen LogP contribution in [0.4, 0.5) is 0 Å². The summed E-state index contributed by atoms with van der Waals surface area (Å²) in [5.41, 5.74) is 3.61. The van der Waals surface area contributed by atoms with Gasteiger partial charge >= 0.3 is 5.97 Å². The number of hydrogen-bond acceptors (Lipinski definition) is 7. The van der Waals surface area contributed by atoms with Crippen molar-refractivity contribution >= 4 is 18.1 Å². The number of hydrazone groups is 1. The van der Waals surface area contributed by atoms with Crippen LogP contribution in [0.3, 0.4) is 0 Å². The molecule has 0 spiro atoms. The van der Waals surface area contributed by atoms with Crippen molar-refractivity contribution in [2.75, 3.05) is 6.61 Å². The first kappa shape index (κ1) is 19.7. The molecule has 0 aliphatic carbocycles. The lowest BCUT2D eigenvalue weighted by molar-refractivity contribution is 0.0728. The lowest BCUT2D eigenvalue weighted by Gasteiger charge is -2.11. The highest BCUT2D eigenvalue weighted by atomic mass is 16.6. The van der Waals surface area contributed by atoms with E-state index in [-0.39, 0.29) is 5.69 Å². The minimum absolute atomic E-state index is 0.155. The molecule has 0 saturated heterocycles. The van der Waals surface area contributed by atoms with E-state index < -0.39 is 11.9 Å². The molecule has 3 rings (SSSR count). The Hall–Kier alpha value is -4.07. The number of ether oxygens (including phenoxy) is 2. The quantitative estimate of drug-likeness (QED) is 0.288. The fraction of sp³-hybridized carbons (Fsp3) is 0.0952. The molecule has 0 saturated carbocycles. The third-order valence-electron chi connectivity index (χ3n) is 3.66. The predicted octanol–water partition coefficient (Wildman–Crippen LogP) is 2.86. The van der Waals surface area contributed by atoms with Gasteiger partial charge in [-0.3, -0.25) is 9.78 Å². The van der Waals surface area contributed by atoms with Crippen molar-refractivity contribution in [1.82, 2.24) is 15.4 Å². The zero-order chi connectivity index (χ0) is 20.5. The molecule has 146 valence electrons. The average molecular weight is 390 g/mol. The molecule has 8 heteroatoms. The Morgan fingerprint density at radius 2 is 1.93 bits per heavy atom. The molecule has 8 nitrogen and oxygen atoms in total. The number of hydrogen-bond donors (Lipinski definition) is 1. The largest absolute Gasteiger partial charge is 0.490 e. The van der Waals surface area contributed by atoms with E-state index in [0.29, 0.717) is 29.2 Å². The van der Waals surface area contributed by atoms with E-state index in [4.69, 9.17) is 9.47 Å². The van der Waals surface area contributed by atoms with Crippen molar-refractivity contribution in [2.24, 2.45) is 5.10 Å². The fourth-order valence-electron chi connectivity index (χ4n) is 2.33. The number of carbonyl (C=O) groups is 2. The Morgan fingerprint density at radius 3 is 2.66 bits per heavy atom. The van der Waals surface area contributed by atoms with Gasteiger partial charge in [0.15, 0.2) is 11.5 Å². The third-order valence-corrected chi connectivity index (χ3v) is 3.66. The Balaban J connectivity index is 1.70. The minimum atomic E-state index is -0.482. The van der Waals surface area contributed by atoms with E-state index in [9.17, 15) is 9.59 Å². The van der Waals surface area contributed by atoms with Crippen LogP contribution in [0.5, 0.6) is 11.5 Å². The molecular formula is C21H18N4O4. The van der Waals surface area contributed by atoms with Crippen LogP contribution in [0.25, 0.3) is 0 Å². The molecule has 0 aliphatic rings. The summed E-state index contributed by atoms with van der Waals surface area (Å²) in [5.74, 6) is -0.278. The monoisotopic (exact) mass is 390 g/mol. The summed E-state index contributed by atoms with van der Waals surface area (Å²) in [6, 6.07) is 13.6. The van der Waals surface area contributed by atoms with Crippen LogP contribution in [0.15, 0.2) is 72.2 Å². The summed E-state index contributed by atoms with van der Waals surface area (Å²) in [4.78, 5) is 31.9. The molecule has 29 heavy (non-hydrogen) atoms. The molecule has 3 aromatic rings. The van der Waals surface area contributed by atoms with Gasteiger partial charge in [0.2, 0.25) is 0 Å². The van der Waals surface area contributed by atoms with Gasteiger partial charge < -0.3 is 9.47 Å². The van der Waals surface area contributed by atoms with Gasteiger partial charge in [0.1, 0.15) is 5.69 Å². The van der Waals surface area contributed by atoms with Gasteiger partial charge in [0, 0.05) is 12.4 Å². The summed E-state index contributed by atoms with van der Waals surface area (Å²) >= 11 is 0. The summed E-state index contributed by atoms with van der Waals surface area (Å²) in [5, 5.41) is 3.90. The maximum atomic E-state index is 12.3. The van der Waals surface area contributed by atoms with E-state index in [1.807, 2.05) is 13.0 Å². The number of rotatable bonds is 7. The van der Waals surface area contributed by atoms with E-state index in [1.54, 1.807) is 42.5 Å². The highest BCUT2D eigenvalue weighted by Crippen LogP contribution is 2.28. The van der Waals surface area contributed by atoms with Crippen LogP contribution >= 0.6 is 0 Å². The van der Waals surface area contributed by atoms with E-state index in [2.05, 4.69) is 20.5 Å². The summed E-state index contributed by atoms with van der Waals surface area (Å²) in [6.07, 6.45) is 5.68. The molecule has 0 unspecified atom stereocenters. The molecule has 0 aliphatic heterocycles. The Morgan fingerprint density at radius 1 is 1.10 bits per heavy atom. The topological polar surface area (TPSA) is 103 Å². The standard InChI is InChI=1S/C21H18N4O4/c1-2-28-19-12-15(13-24-25-20(26)17-14-22-10-11-23-17)8-9-18(19)29-21(27)16-6-4-3-5-7-16/h3-14H,2H2,1H3,(H,25,26). The highest BCUT2D eigenvalue weighted by Gasteiger charge is 2.13. The SMILES string of the molecule is CCOc1cc(C=NNC(=O)c2cnccn2)ccc1OC(=O)c1ccccc1. The first-order valence-corrected chi connectivity index (χ1v) is 8.81. The normalized spacial score (nSPS) is 10.5. The molecule has 2 aromatic carbocycles. The van der Waals surface area contributed by atoms with Gasteiger partial charge in [0.05, 0.1) is 24.6 Å². The molecule has 0 atom stereocenters. The Kier molecular flexibility index (Phi) is 6.62. The second-order valence-corrected chi connectivity index (χ2v) is 5.68. The molecule has 1 heterocycles. The second kappa shape index (κ2) is 9.75. The predicted molar refractivity (Wildman–Crippen MR) is 106 cm³/mol. The van der Waals surface area contributed by atoms with Crippen LogP contribution in [-0.4, -0.2) is 34.7 Å². The first-order chi connectivity index (χ1) is 14.2. The maximum absolute atomic E-state index is 12.3. The molecule has 0 bridgehead atoms. The Bertz CT molecular complexity index is 1010. The van der Waals surface area contributed by atoms with Gasteiger partial charge in [-0.25, -0.2) is 15.2 Å². The van der Waals surface area contributed by atoms with E-state index in [0.717, 1.165) is 0 Å². The van der Waals surface area contributed by atoms with Crippen molar-refractivity contribution in [3.05, 3.63) is 83.9 Å². The number of esters is 1. The van der Waals surface area contributed by atoms with Crippen molar-refractivity contribution < 1.29 is 19.1 Å². The van der Waals surface area contributed by atoms with Crippen LogP contribution < -0.4 is 14.9 Å². The second-order valence-electron chi connectivity index (χ2n) is 5.68. The first-order valence-electron chi connectivity index (χ1n) is 8.81. The van der Waals surface area contributed by atoms with Gasteiger partial charge in [-0.2, -0.15) is 5.10 Å². The van der Waals surface area contributed by atoms with Gasteiger partial charge in [0.25, 0.3) is 5.91 Å². The zero-order valence-electron chi connectivity index (χ0n) is 15.6. The van der Waals surface area contributed by atoms with Gasteiger partial charge in [-0.15, -0.1) is 0 Å². The fourth-order valence-corrected chi connectivity index (χ4v) is 2.33. The van der Waals surface area contributed by atoms with E-state index >= 15 is 0 Å². The molecule has 0 radical (unpaired) electrons. The van der Waals surface area contributed by atoms with Crippen LogP contribution in [-0.2, 0) is 0 Å². The third kappa shape index (κ3) is 5.46. The number of carbonyl (C=O) groups excluding carboxylic acids is 2. The lowest BCUT2D eigenvalue weighted by atomic mass is 10.2. The molecular weight excluding hydrogens is 372 g/mol. The molecule has 1 aromatic heterocycles. The number of benzene rings is 2. The van der Waals surface area contributed by atoms with Crippen molar-refractivity contribution in [1.29, 1.82) is 0 Å². The lowest BCUT2D eigenvalue weighted by Crippen LogP contribution is -2.19. The minimum Gasteiger partial charge on any atom is -0.490 e. The molecule has 1 amide bonds. The van der Waals surface area contributed by atoms with Crippen molar-refractivity contribution in [3.63, 3.8) is 0 Å². The van der Waals surface area contributed by atoms with Gasteiger partial charge in [-0.05, 0) is 42.8 Å². The Labute approximate surface area is 167 Å². The molecule has 1 N–H and O–H groups in total. The summed E-state index contributed by atoms with van der Waals surface area (Å²) < 4.78 is 11.0. The van der Waals surface area contributed by atoms with Crippen molar-refractivity contribution in [2.45, 2.75) is 6.92 Å². The zero-order valence-corrected chi connectivity index (χ0v) is 15.6. The smallest absolute Gasteiger partial charge is 0.343 e. The molecule has 0 fully saturated rings.